The molecule has 0 fully saturated rings. The number of fused-ring (bicyclic) bond motifs is 1. The van der Waals surface area contributed by atoms with E-state index >= 15 is 0 Å². The van der Waals surface area contributed by atoms with Crippen molar-refractivity contribution in [2.75, 3.05) is 5.75 Å². The molecule has 0 amide bonds. The number of nitrogens with zero attached hydrogens (tertiary/aromatic N) is 2. The van der Waals surface area contributed by atoms with Gasteiger partial charge in [0.2, 0.25) is 0 Å². The molecule has 1 unspecified atom stereocenters. The Morgan fingerprint density at radius 3 is 2.75 bits per heavy atom. The molecule has 1 aromatic heterocycles. The van der Waals surface area contributed by atoms with E-state index in [2.05, 4.69) is 5.10 Å². The molecule has 0 bridgehead atoms. The van der Waals surface area contributed by atoms with Crippen molar-refractivity contribution in [1.82, 2.24) is 9.78 Å². The summed E-state index contributed by atoms with van der Waals surface area (Å²) in [6.45, 7) is 0. The summed E-state index contributed by atoms with van der Waals surface area (Å²) in [5.74, 6) is -0.123. The van der Waals surface area contributed by atoms with Crippen LogP contribution < -0.4 is 0 Å². The fourth-order valence-corrected chi connectivity index (χ4v) is 4.69. The molecule has 0 radical (unpaired) electrons. The maximum atomic E-state index is 12.1. The fraction of sp³-hybridized carbons (Fsp3) is 0.308. The zero-order valence-electron chi connectivity index (χ0n) is 10.7. The molecule has 1 aliphatic rings. The van der Waals surface area contributed by atoms with Gasteiger partial charge in [0.15, 0.2) is 9.84 Å². The van der Waals surface area contributed by atoms with Crippen molar-refractivity contribution in [3.05, 3.63) is 46.7 Å². The van der Waals surface area contributed by atoms with Crippen molar-refractivity contribution >= 4 is 21.4 Å². The van der Waals surface area contributed by atoms with Crippen molar-refractivity contribution in [3.63, 3.8) is 0 Å². The number of aromatic nitrogens is 2. The Hall–Kier alpha value is -1.37. The minimum atomic E-state index is -3.36. The van der Waals surface area contributed by atoms with Crippen LogP contribution in [0.15, 0.2) is 35.4 Å². The summed E-state index contributed by atoms with van der Waals surface area (Å²) in [6, 6.07) is 6.48. The Morgan fingerprint density at radius 1 is 1.40 bits per heavy atom. The number of aliphatic hydroxyl groups is 1. The minimum absolute atomic E-state index is 0.0611. The second kappa shape index (κ2) is 4.31. The van der Waals surface area contributed by atoms with Crippen molar-refractivity contribution in [1.29, 1.82) is 0 Å². The molecular weight excluding hydrogens is 300 g/mol. The number of aryl methyl sites for hydroxylation is 1. The molecule has 20 heavy (non-hydrogen) atoms. The molecule has 1 N–H and O–H groups in total. The highest BCUT2D eigenvalue weighted by atomic mass is 35.5. The molecule has 1 aromatic carbocycles. The van der Waals surface area contributed by atoms with Crippen molar-refractivity contribution < 1.29 is 13.5 Å². The van der Waals surface area contributed by atoms with Crippen LogP contribution in [-0.2, 0) is 22.5 Å². The topological polar surface area (TPSA) is 72.2 Å². The van der Waals surface area contributed by atoms with Crippen molar-refractivity contribution in [2.45, 2.75) is 16.9 Å². The third-order valence-corrected chi connectivity index (χ3v) is 5.73. The van der Waals surface area contributed by atoms with E-state index in [1.165, 1.54) is 16.9 Å². The first kappa shape index (κ1) is 13.6. The lowest BCUT2D eigenvalue weighted by Gasteiger charge is -2.34. The third kappa shape index (κ3) is 1.79. The predicted octanol–water partition coefficient (Wildman–Crippen LogP) is 1.49. The first-order valence-electron chi connectivity index (χ1n) is 6.09. The van der Waals surface area contributed by atoms with Gasteiger partial charge < -0.3 is 5.11 Å². The van der Waals surface area contributed by atoms with E-state index in [0.29, 0.717) is 16.3 Å². The Morgan fingerprint density at radius 2 is 2.10 bits per heavy atom. The maximum absolute atomic E-state index is 12.1. The number of benzene rings is 1. The highest BCUT2D eigenvalue weighted by molar-refractivity contribution is 7.91. The van der Waals surface area contributed by atoms with Crippen LogP contribution in [0.4, 0.5) is 0 Å². The summed E-state index contributed by atoms with van der Waals surface area (Å²) < 4.78 is 25.8. The predicted molar refractivity (Wildman–Crippen MR) is 74.3 cm³/mol. The van der Waals surface area contributed by atoms with Gasteiger partial charge in [-0.25, -0.2) is 8.42 Å². The molecule has 5 nitrogen and oxygen atoms in total. The van der Waals surface area contributed by atoms with Crippen LogP contribution in [0.25, 0.3) is 0 Å². The molecule has 0 saturated heterocycles. The van der Waals surface area contributed by atoms with Crippen molar-refractivity contribution in [2.24, 2.45) is 7.05 Å². The largest absolute Gasteiger partial charge is 0.379 e. The van der Waals surface area contributed by atoms with E-state index in [9.17, 15) is 13.5 Å². The fourth-order valence-electron chi connectivity index (χ4n) is 2.73. The van der Waals surface area contributed by atoms with Gasteiger partial charge >= 0.3 is 0 Å². The average Bonchev–Trinajstić information content (AvgIpc) is 2.75. The van der Waals surface area contributed by atoms with Crippen LogP contribution in [0.3, 0.4) is 0 Å². The summed E-state index contributed by atoms with van der Waals surface area (Å²) >= 11 is 6.11. The van der Waals surface area contributed by atoms with Crippen LogP contribution in [0, 0.1) is 0 Å². The van der Waals surface area contributed by atoms with Gasteiger partial charge in [-0.2, -0.15) is 5.10 Å². The average molecular weight is 313 g/mol. The van der Waals surface area contributed by atoms with E-state index in [4.69, 9.17) is 11.6 Å². The molecular formula is C13H13ClN2O3S. The summed E-state index contributed by atoms with van der Waals surface area (Å²) in [5.41, 5.74) is -0.664. The molecule has 3 rings (SSSR count). The number of sulfone groups is 1. The van der Waals surface area contributed by atoms with Gasteiger partial charge in [0.25, 0.3) is 0 Å². The smallest absolute Gasteiger partial charge is 0.178 e. The van der Waals surface area contributed by atoms with E-state index in [1.54, 1.807) is 25.2 Å². The lowest BCUT2D eigenvalue weighted by molar-refractivity contribution is 0.0632. The molecule has 0 aliphatic carbocycles. The molecule has 2 aromatic rings. The highest BCUT2D eigenvalue weighted by Gasteiger charge is 2.44. The number of hydrogen-bond donors (Lipinski definition) is 1. The first-order valence-corrected chi connectivity index (χ1v) is 8.12. The van der Waals surface area contributed by atoms with Gasteiger partial charge in [-0.3, -0.25) is 4.68 Å². The molecule has 1 aliphatic heterocycles. The van der Waals surface area contributed by atoms with Crippen LogP contribution >= 0.6 is 11.6 Å². The Labute approximate surface area is 121 Å². The quantitative estimate of drug-likeness (QED) is 0.866. The molecule has 2 heterocycles. The van der Waals surface area contributed by atoms with E-state index in [0.717, 1.165) is 0 Å². The maximum Gasteiger partial charge on any atom is 0.178 e. The molecule has 1 atom stereocenters. The zero-order chi connectivity index (χ0) is 14.5. The lowest BCUT2D eigenvalue weighted by Crippen LogP contribution is -2.38. The Bertz CT molecular complexity index is 765. The summed E-state index contributed by atoms with van der Waals surface area (Å²) in [5, 5.41) is 15.4. The number of hydrogen-bond acceptors (Lipinski definition) is 4. The van der Waals surface area contributed by atoms with Crippen LogP contribution in [0.1, 0.15) is 17.7 Å². The van der Waals surface area contributed by atoms with Crippen molar-refractivity contribution in [3.8, 4) is 0 Å². The Balaban J connectivity index is 2.32. The second-order valence-corrected chi connectivity index (χ2v) is 7.37. The first-order chi connectivity index (χ1) is 9.36. The molecule has 0 spiro atoms. The van der Waals surface area contributed by atoms with Gasteiger partial charge in [0.05, 0.1) is 27.6 Å². The summed E-state index contributed by atoms with van der Waals surface area (Å²) in [4.78, 5) is 0.158. The minimum Gasteiger partial charge on any atom is -0.379 e. The normalized spacial score (nSPS) is 24.4. The zero-order valence-corrected chi connectivity index (χ0v) is 12.3. The van der Waals surface area contributed by atoms with E-state index < -0.39 is 15.4 Å². The second-order valence-electron chi connectivity index (χ2n) is 4.89. The standard InChI is InChI=1S/C13H13ClN2O3S/c1-16-12(10(14)8-15-16)13(17)6-7-20(18,19)11-5-3-2-4-9(11)13/h2-5,8,17H,6-7H2,1H3. The monoisotopic (exact) mass is 312 g/mol. The van der Waals surface area contributed by atoms with Gasteiger partial charge in [-0.05, 0) is 6.07 Å². The SMILES string of the molecule is Cn1ncc(Cl)c1C1(O)CCS(=O)(=O)c2ccccc21. The highest BCUT2D eigenvalue weighted by Crippen LogP contribution is 2.43. The summed E-state index contributed by atoms with van der Waals surface area (Å²) in [6.07, 6.45) is 1.51. The molecule has 7 heteroatoms. The number of rotatable bonds is 1. The van der Waals surface area contributed by atoms with Gasteiger partial charge in [0, 0.05) is 19.0 Å². The van der Waals surface area contributed by atoms with E-state index in [1.807, 2.05) is 0 Å². The summed E-state index contributed by atoms with van der Waals surface area (Å²) in [7, 11) is -1.69. The third-order valence-electron chi connectivity index (χ3n) is 3.69. The van der Waals surface area contributed by atoms with Crippen LogP contribution in [-0.4, -0.2) is 29.1 Å². The molecule has 0 saturated carbocycles. The molecule has 106 valence electrons. The van der Waals surface area contributed by atoms with Crippen LogP contribution in [0.5, 0.6) is 0 Å². The van der Waals surface area contributed by atoms with Gasteiger partial charge in [-0.15, -0.1) is 0 Å². The van der Waals surface area contributed by atoms with Gasteiger partial charge in [-0.1, -0.05) is 29.8 Å². The van der Waals surface area contributed by atoms with E-state index in [-0.39, 0.29) is 17.1 Å². The van der Waals surface area contributed by atoms with Crippen LogP contribution in [0.2, 0.25) is 5.02 Å². The van der Waals surface area contributed by atoms with Gasteiger partial charge in [0.1, 0.15) is 5.60 Å². The number of halogens is 1. The Kier molecular flexibility index (Phi) is 2.93. The lowest BCUT2D eigenvalue weighted by atomic mass is 9.87.